The van der Waals surface area contributed by atoms with Gasteiger partial charge in [-0.2, -0.15) is 5.21 Å². The van der Waals surface area contributed by atoms with Crippen LogP contribution in [0.15, 0.2) is 71.8 Å². The molecule has 0 radical (unpaired) electrons. The van der Waals surface area contributed by atoms with Crippen molar-refractivity contribution in [3.05, 3.63) is 98.8 Å². The van der Waals surface area contributed by atoms with E-state index in [1.807, 2.05) is 42.6 Å². The number of unbranched alkanes of at least 4 members (excludes halogenated alkanes) is 1. The highest BCUT2D eigenvalue weighted by molar-refractivity contribution is 6.37. The van der Waals surface area contributed by atoms with E-state index in [1.54, 1.807) is 33.5 Å². The van der Waals surface area contributed by atoms with Crippen LogP contribution in [-0.4, -0.2) is 34.7 Å². The Morgan fingerprint density at radius 1 is 0.972 bits per heavy atom. The number of benzene rings is 2. The first-order valence-corrected chi connectivity index (χ1v) is 12.4. The SMILES string of the molecule is CCCCc1cn(-c2c(Cl)cccc2Cl)c(=O)n1Cc1ccc(-c2ccccc2-c2nn[nH]n2)nc1. The van der Waals surface area contributed by atoms with Crippen molar-refractivity contribution in [1.29, 1.82) is 0 Å². The second-order valence-electron chi connectivity index (χ2n) is 8.37. The molecule has 0 saturated carbocycles. The molecular formula is C26H23Cl2N7O. The topological polar surface area (TPSA) is 94.3 Å². The maximum Gasteiger partial charge on any atom is 0.333 e. The predicted octanol–water partition coefficient (Wildman–Crippen LogP) is 5.58. The van der Waals surface area contributed by atoms with Gasteiger partial charge in [0, 0.05) is 29.2 Å². The van der Waals surface area contributed by atoms with E-state index in [9.17, 15) is 4.79 Å². The number of halogens is 2. The minimum Gasteiger partial charge on any atom is -0.292 e. The third kappa shape index (κ3) is 4.69. The van der Waals surface area contributed by atoms with Crippen molar-refractivity contribution < 1.29 is 0 Å². The molecule has 3 heterocycles. The molecule has 1 N–H and O–H groups in total. The Morgan fingerprint density at radius 3 is 2.42 bits per heavy atom. The van der Waals surface area contributed by atoms with Crippen molar-refractivity contribution in [3.63, 3.8) is 0 Å². The summed E-state index contributed by atoms with van der Waals surface area (Å²) in [4.78, 5) is 18.2. The number of hydrogen-bond donors (Lipinski definition) is 1. The van der Waals surface area contributed by atoms with Gasteiger partial charge in [-0.3, -0.25) is 14.1 Å². The molecule has 8 nitrogen and oxygen atoms in total. The van der Waals surface area contributed by atoms with Gasteiger partial charge in [-0.15, -0.1) is 10.2 Å². The normalized spacial score (nSPS) is 11.2. The largest absolute Gasteiger partial charge is 0.333 e. The molecule has 0 aliphatic heterocycles. The molecule has 5 aromatic rings. The molecule has 0 atom stereocenters. The number of aromatic nitrogens is 7. The van der Waals surface area contributed by atoms with Gasteiger partial charge in [-0.25, -0.2) is 4.79 Å². The van der Waals surface area contributed by atoms with Gasteiger partial charge in [0.1, 0.15) is 0 Å². The molecule has 0 aliphatic rings. The van der Waals surface area contributed by atoms with Gasteiger partial charge >= 0.3 is 5.69 Å². The number of aromatic amines is 1. The number of nitrogens with zero attached hydrogens (tertiary/aromatic N) is 6. The number of pyridine rings is 1. The van der Waals surface area contributed by atoms with E-state index in [0.717, 1.165) is 47.3 Å². The molecule has 0 bridgehead atoms. The molecule has 0 spiro atoms. The first-order chi connectivity index (χ1) is 17.6. The molecule has 0 aliphatic carbocycles. The van der Waals surface area contributed by atoms with E-state index in [-0.39, 0.29) is 5.69 Å². The Bertz CT molecular complexity index is 1520. The number of imidazole rings is 1. The maximum atomic E-state index is 13.5. The molecule has 10 heteroatoms. The summed E-state index contributed by atoms with van der Waals surface area (Å²) >= 11 is 12.8. The lowest BCUT2D eigenvalue weighted by atomic mass is 10.0. The summed E-state index contributed by atoms with van der Waals surface area (Å²) in [6, 6.07) is 16.9. The van der Waals surface area contributed by atoms with Gasteiger partial charge in [0.15, 0.2) is 0 Å². The fraction of sp³-hybridized carbons (Fsp3) is 0.192. The second-order valence-corrected chi connectivity index (χ2v) is 9.18. The highest BCUT2D eigenvalue weighted by atomic mass is 35.5. The zero-order valence-electron chi connectivity index (χ0n) is 19.5. The highest BCUT2D eigenvalue weighted by Gasteiger charge is 2.17. The van der Waals surface area contributed by atoms with Crippen molar-refractivity contribution in [3.8, 4) is 28.3 Å². The zero-order chi connectivity index (χ0) is 25.1. The molecule has 0 saturated heterocycles. The Kier molecular flexibility index (Phi) is 6.97. The van der Waals surface area contributed by atoms with Crippen LogP contribution in [-0.2, 0) is 13.0 Å². The molecule has 5 rings (SSSR count). The molecule has 182 valence electrons. The van der Waals surface area contributed by atoms with E-state index in [1.165, 1.54) is 0 Å². The molecule has 0 unspecified atom stereocenters. The van der Waals surface area contributed by atoms with Crippen molar-refractivity contribution in [2.24, 2.45) is 0 Å². The number of aryl methyl sites for hydroxylation is 1. The zero-order valence-corrected chi connectivity index (χ0v) is 21.0. The van der Waals surface area contributed by atoms with Crippen molar-refractivity contribution in [2.45, 2.75) is 32.7 Å². The Morgan fingerprint density at radius 2 is 1.75 bits per heavy atom. The Hall–Kier alpha value is -3.75. The van der Waals surface area contributed by atoms with Crippen LogP contribution in [0.5, 0.6) is 0 Å². The average molecular weight is 520 g/mol. The van der Waals surface area contributed by atoms with Crippen molar-refractivity contribution >= 4 is 23.2 Å². The predicted molar refractivity (Wildman–Crippen MR) is 141 cm³/mol. The summed E-state index contributed by atoms with van der Waals surface area (Å²) in [5, 5.41) is 15.2. The van der Waals surface area contributed by atoms with Crippen LogP contribution in [0.4, 0.5) is 0 Å². The molecule has 2 aromatic carbocycles. The number of para-hydroxylation sites is 1. The van der Waals surface area contributed by atoms with E-state index in [2.05, 4.69) is 32.5 Å². The van der Waals surface area contributed by atoms with E-state index < -0.39 is 0 Å². The molecule has 3 aromatic heterocycles. The molecular weight excluding hydrogens is 497 g/mol. The van der Waals surface area contributed by atoms with Crippen LogP contribution in [0.25, 0.3) is 28.3 Å². The fourth-order valence-corrected chi connectivity index (χ4v) is 4.75. The van der Waals surface area contributed by atoms with E-state index in [4.69, 9.17) is 23.2 Å². The summed E-state index contributed by atoms with van der Waals surface area (Å²) < 4.78 is 3.30. The summed E-state index contributed by atoms with van der Waals surface area (Å²) in [5.41, 5.74) is 4.63. The van der Waals surface area contributed by atoms with Crippen LogP contribution >= 0.6 is 23.2 Å². The number of tetrazole rings is 1. The molecule has 36 heavy (non-hydrogen) atoms. The third-order valence-electron chi connectivity index (χ3n) is 5.98. The Balaban J connectivity index is 1.49. The lowest BCUT2D eigenvalue weighted by Gasteiger charge is -2.09. The summed E-state index contributed by atoms with van der Waals surface area (Å²) in [6.07, 6.45) is 6.38. The van der Waals surface area contributed by atoms with E-state index in [0.29, 0.717) is 28.1 Å². The fourth-order valence-electron chi connectivity index (χ4n) is 4.17. The monoisotopic (exact) mass is 519 g/mol. The van der Waals surface area contributed by atoms with Gasteiger partial charge in [0.25, 0.3) is 0 Å². The quantitative estimate of drug-likeness (QED) is 0.288. The maximum absolute atomic E-state index is 13.5. The first-order valence-electron chi connectivity index (χ1n) is 11.6. The van der Waals surface area contributed by atoms with Crippen molar-refractivity contribution in [2.75, 3.05) is 0 Å². The number of hydrogen-bond acceptors (Lipinski definition) is 5. The summed E-state index contributed by atoms with van der Waals surface area (Å²) in [6.45, 7) is 2.51. The summed E-state index contributed by atoms with van der Waals surface area (Å²) in [5.74, 6) is 0.503. The van der Waals surface area contributed by atoms with Crippen LogP contribution in [0.3, 0.4) is 0 Å². The number of nitrogens with one attached hydrogen (secondary N) is 1. The minimum atomic E-state index is -0.192. The molecule has 0 amide bonds. The van der Waals surface area contributed by atoms with Gasteiger partial charge in [0.05, 0.1) is 28.0 Å². The third-order valence-corrected chi connectivity index (χ3v) is 6.59. The van der Waals surface area contributed by atoms with Crippen molar-refractivity contribution in [1.82, 2.24) is 34.7 Å². The van der Waals surface area contributed by atoms with Crippen LogP contribution in [0.2, 0.25) is 10.0 Å². The van der Waals surface area contributed by atoms with Gasteiger partial charge in [-0.1, -0.05) is 72.9 Å². The van der Waals surface area contributed by atoms with E-state index >= 15 is 0 Å². The lowest BCUT2D eigenvalue weighted by molar-refractivity contribution is 0.672. The minimum absolute atomic E-state index is 0.192. The van der Waals surface area contributed by atoms with Crippen LogP contribution in [0.1, 0.15) is 31.0 Å². The Labute approximate surface area is 217 Å². The van der Waals surface area contributed by atoms with Crippen LogP contribution in [0, 0.1) is 0 Å². The smallest absolute Gasteiger partial charge is 0.292 e. The average Bonchev–Trinajstić information content (AvgIpc) is 3.53. The summed E-state index contributed by atoms with van der Waals surface area (Å²) in [7, 11) is 0. The standard InChI is InChI=1S/C26H23Cl2N7O/c1-2-3-7-18-16-35(24-21(27)10-6-11-22(24)28)26(36)34(18)15-17-12-13-23(29-14-17)19-8-4-5-9-20(19)25-30-32-33-31-25/h4-6,8-14,16H,2-3,7,15H2,1H3,(H,30,31,32,33). The van der Waals surface area contributed by atoms with Crippen LogP contribution < -0.4 is 5.69 Å². The highest BCUT2D eigenvalue weighted by Crippen LogP contribution is 2.29. The van der Waals surface area contributed by atoms with Gasteiger partial charge < -0.3 is 0 Å². The molecule has 0 fully saturated rings. The number of rotatable bonds is 8. The van der Waals surface area contributed by atoms with Gasteiger partial charge in [-0.05, 0) is 41.8 Å². The second kappa shape index (κ2) is 10.5. The lowest BCUT2D eigenvalue weighted by Crippen LogP contribution is -2.25. The number of H-pyrrole nitrogens is 1. The first kappa shape index (κ1) is 24.0. The van der Waals surface area contributed by atoms with Gasteiger partial charge in [0.2, 0.25) is 5.82 Å².